The maximum Gasteiger partial charge on any atom is 0.293 e. The molecule has 22 heavy (non-hydrogen) atoms. The number of nitrogens with one attached hydrogen (secondary N) is 1. The van der Waals surface area contributed by atoms with E-state index in [1.165, 1.54) is 19.2 Å². The third-order valence-corrected chi connectivity index (χ3v) is 5.25. The lowest BCUT2D eigenvalue weighted by molar-refractivity contribution is -0.384. The molecular weight excluding hydrogens is 310 g/mol. The number of sulfonamides is 1. The molecule has 0 amide bonds. The molecule has 0 bridgehead atoms. The monoisotopic (exact) mass is 329 g/mol. The molecule has 0 spiro atoms. The van der Waals surface area contributed by atoms with Gasteiger partial charge in [0, 0.05) is 25.8 Å². The van der Waals surface area contributed by atoms with Crippen LogP contribution in [0.5, 0.6) is 0 Å². The Morgan fingerprint density at radius 3 is 2.82 bits per heavy atom. The molecule has 1 aromatic rings. The van der Waals surface area contributed by atoms with E-state index in [1.54, 1.807) is 0 Å². The van der Waals surface area contributed by atoms with Crippen LogP contribution in [0, 0.1) is 16.0 Å². The summed E-state index contributed by atoms with van der Waals surface area (Å²) in [6.07, 6.45) is 1.71. The van der Waals surface area contributed by atoms with Crippen LogP contribution in [0.4, 0.5) is 11.4 Å². The van der Waals surface area contributed by atoms with Gasteiger partial charge in [-0.3, -0.25) is 10.1 Å². The van der Waals surface area contributed by atoms with Gasteiger partial charge in [-0.15, -0.1) is 0 Å². The van der Waals surface area contributed by atoms with Crippen LogP contribution in [0.2, 0.25) is 0 Å². The summed E-state index contributed by atoms with van der Waals surface area (Å²) in [4.78, 5) is 12.4. The van der Waals surface area contributed by atoms with Crippen LogP contribution in [0.1, 0.15) is 12.8 Å². The third kappa shape index (κ3) is 3.37. The van der Waals surface area contributed by atoms with Crippen LogP contribution in [-0.4, -0.2) is 45.2 Å². The summed E-state index contributed by atoms with van der Waals surface area (Å²) in [5.41, 5.74) is 0.146. The first-order chi connectivity index (χ1) is 10.4. The molecule has 2 rings (SSSR count). The van der Waals surface area contributed by atoms with Gasteiger partial charge in [-0.25, -0.2) is 13.1 Å². The van der Waals surface area contributed by atoms with E-state index in [4.69, 9.17) is 0 Å². The summed E-state index contributed by atoms with van der Waals surface area (Å²) in [7, 11) is -2.47. The molecule has 8 nitrogen and oxygen atoms in total. The molecular formula is C13H19N3O5S. The van der Waals surface area contributed by atoms with Crippen molar-refractivity contribution in [1.29, 1.82) is 0 Å². The lowest BCUT2D eigenvalue weighted by atomic mass is 9.98. The van der Waals surface area contributed by atoms with E-state index in [0.717, 1.165) is 18.9 Å². The minimum Gasteiger partial charge on any atom is -0.396 e. The van der Waals surface area contributed by atoms with Gasteiger partial charge in [-0.2, -0.15) is 0 Å². The van der Waals surface area contributed by atoms with E-state index >= 15 is 0 Å². The highest BCUT2D eigenvalue weighted by Crippen LogP contribution is 2.33. The summed E-state index contributed by atoms with van der Waals surface area (Å²) < 4.78 is 25.7. The molecule has 122 valence electrons. The Hall–Kier alpha value is -1.71. The predicted octanol–water partition coefficient (Wildman–Crippen LogP) is 0.712. The number of nitro groups is 1. The highest BCUT2D eigenvalue weighted by molar-refractivity contribution is 7.89. The number of piperidine rings is 1. The molecule has 1 aromatic carbocycles. The minimum atomic E-state index is -3.73. The smallest absolute Gasteiger partial charge is 0.293 e. The molecule has 1 saturated heterocycles. The molecule has 1 aliphatic rings. The van der Waals surface area contributed by atoms with Crippen molar-refractivity contribution in [2.24, 2.45) is 5.92 Å². The van der Waals surface area contributed by atoms with Crippen LogP contribution in [0.3, 0.4) is 0 Å². The van der Waals surface area contributed by atoms with Gasteiger partial charge in [-0.05, 0) is 37.9 Å². The fourth-order valence-corrected chi connectivity index (χ4v) is 3.38. The average Bonchev–Trinajstić information content (AvgIpc) is 2.54. The van der Waals surface area contributed by atoms with Gasteiger partial charge in [0.25, 0.3) is 5.69 Å². The zero-order chi connectivity index (χ0) is 16.3. The van der Waals surface area contributed by atoms with E-state index in [9.17, 15) is 23.6 Å². The second-order valence-electron chi connectivity index (χ2n) is 5.25. The quantitative estimate of drug-likeness (QED) is 0.608. The summed E-state index contributed by atoms with van der Waals surface area (Å²) >= 11 is 0. The standard InChI is InChI=1S/C13H19N3O5S/c1-14-22(20,21)11-4-5-12(13(7-11)16(18)19)15-6-2-3-10(8-15)9-17/h4-5,7,10,14,17H,2-3,6,8-9H2,1H3. The number of hydrogen-bond acceptors (Lipinski definition) is 6. The Morgan fingerprint density at radius 2 is 2.23 bits per heavy atom. The molecule has 0 aromatic heterocycles. The van der Waals surface area contributed by atoms with Gasteiger partial charge in [0.2, 0.25) is 10.0 Å². The zero-order valence-corrected chi connectivity index (χ0v) is 13.0. The number of nitrogens with zero attached hydrogens (tertiary/aromatic N) is 2. The van der Waals surface area contributed by atoms with Crippen molar-refractivity contribution in [3.63, 3.8) is 0 Å². The van der Waals surface area contributed by atoms with Gasteiger partial charge in [0.15, 0.2) is 0 Å². The Balaban J connectivity index is 2.42. The van der Waals surface area contributed by atoms with Crippen molar-refractivity contribution in [3.05, 3.63) is 28.3 Å². The second kappa shape index (κ2) is 6.59. The fourth-order valence-electron chi connectivity index (χ4n) is 2.63. The Kier molecular flexibility index (Phi) is 4.99. The SMILES string of the molecule is CNS(=O)(=O)c1ccc(N2CCCC(CO)C2)c([N+](=O)[O-])c1. The third-order valence-electron chi connectivity index (χ3n) is 3.84. The summed E-state index contributed by atoms with van der Waals surface area (Å²) in [5, 5.41) is 20.6. The van der Waals surface area contributed by atoms with Crippen molar-refractivity contribution in [2.45, 2.75) is 17.7 Å². The molecule has 0 aliphatic carbocycles. The number of rotatable bonds is 5. The Bertz CT molecular complexity index is 662. The number of anilines is 1. The van der Waals surface area contributed by atoms with E-state index in [0.29, 0.717) is 18.8 Å². The lowest BCUT2D eigenvalue weighted by Crippen LogP contribution is -2.37. The Morgan fingerprint density at radius 1 is 1.50 bits per heavy atom. The zero-order valence-electron chi connectivity index (χ0n) is 12.2. The van der Waals surface area contributed by atoms with Gasteiger partial charge in [0.05, 0.1) is 9.82 Å². The highest BCUT2D eigenvalue weighted by atomic mass is 32.2. The van der Waals surface area contributed by atoms with Gasteiger partial charge in [0.1, 0.15) is 5.69 Å². The predicted molar refractivity (Wildman–Crippen MR) is 81.4 cm³/mol. The van der Waals surface area contributed by atoms with Crippen LogP contribution < -0.4 is 9.62 Å². The molecule has 1 unspecified atom stereocenters. The minimum absolute atomic E-state index is 0.0382. The van der Waals surface area contributed by atoms with Crippen LogP contribution in [0.25, 0.3) is 0 Å². The normalized spacial score (nSPS) is 19.2. The molecule has 1 fully saturated rings. The molecule has 1 atom stereocenters. The Labute approximate surface area is 128 Å². The van der Waals surface area contributed by atoms with E-state index in [1.807, 2.05) is 4.90 Å². The molecule has 9 heteroatoms. The number of aliphatic hydroxyl groups excluding tert-OH is 1. The van der Waals surface area contributed by atoms with E-state index in [-0.39, 0.29) is 23.1 Å². The van der Waals surface area contributed by atoms with E-state index in [2.05, 4.69) is 4.72 Å². The largest absolute Gasteiger partial charge is 0.396 e. The number of hydrogen-bond donors (Lipinski definition) is 2. The fraction of sp³-hybridized carbons (Fsp3) is 0.538. The summed E-state index contributed by atoms with van der Waals surface area (Å²) in [6, 6.07) is 3.89. The first-order valence-electron chi connectivity index (χ1n) is 6.97. The topological polar surface area (TPSA) is 113 Å². The number of benzene rings is 1. The summed E-state index contributed by atoms with van der Waals surface area (Å²) in [6.45, 7) is 1.21. The first kappa shape index (κ1) is 16.7. The molecule has 1 heterocycles. The van der Waals surface area contributed by atoms with Crippen LogP contribution in [0.15, 0.2) is 23.1 Å². The first-order valence-corrected chi connectivity index (χ1v) is 8.45. The van der Waals surface area contributed by atoms with Crippen LogP contribution in [-0.2, 0) is 10.0 Å². The highest BCUT2D eigenvalue weighted by Gasteiger charge is 2.27. The molecule has 2 N–H and O–H groups in total. The average molecular weight is 329 g/mol. The van der Waals surface area contributed by atoms with E-state index < -0.39 is 14.9 Å². The van der Waals surface area contributed by atoms with Gasteiger partial charge < -0.3 is 10.0 Å². The molecule has 0 radical (unpaired) electrons. The van der Waals surface area contributed by atoms with Crippen LogP contribution >= 0.6 is 0 Å². The van der Waals surface area contributed by atoms with Crippen molar-refractivity contribution in [2.75, 3.05) is 31.6 Å². The lowest BCUT2D eigenvalue weighted by Gasteiger charge is -2.33. The van der Waals surface area contributed by atoms with Crippen molar-refractivity contribution < 1.29 is 18.4 Å². The van der Waals surface area contributed by atoms with Gasteiger partial charge >= 0.3 is 0 Å². The maximum absolute atomic E-state index is 11.8. The summed E-state index contributed by atoms with van der Waals surface area (Å²) in [5.74, 6) is 0.0778. The van der Waals surface area contributed by atoms with Crippen molar-refractivity contribution in [1.82, 2.24) is 4.72 Å². The van der Waals surface area contributed by atoms with Crippen molar-refractivity contribution >= 4 is 21.4 Å². The second-order valence-corrected chi connectivity index (χ2v) is 7.14. The number of nitro benzene ring substituents is 1. The maximum atomic E-state index is 11.8. The van der Waals surface area contributed by atoms with Gasteiger partial charge in [-0.1, -0.05) is 0 Å². The molecule has 0 saturated carbocycles. The van der Waals surface area contributed by atoms with Crippen molar-refractivity contribution in [3.8, 4) is 0 Å². The number of aliphatic hydroxyl groups is 1. The molecule has 1 aliphatic heterocycles.